The molecule has 0 radical (unpaired) electrons. The van der Waals surface area contributed by atoms with E-state index in [2.05, 4.69) is 130 Å². The molecule has 0 aromatic carbocycles. The summed E-state index contributed by atoms with van der Waals surface area (Å²) in [5, 5.41) is 0. The molecule has 0 spiro atoms. The monoisotopic (exact) mass is 873 g/mol. The normalized spacial score (nSPS) is 13.0. The van der Waals surface area contributed by atoms with Crippen molar-refractivity contribution >= 4 is 17.9 Å². The topological polar surface area (TPSA) is 78.9 Å². The van der Waals surface area contributed by atoms with E-state index in [1.54, 1.807) is 0 Å². The van der Waals surface area contributed by atoms with Crippen molar-refractivity contribution in [2.45, 2.75) is 219 Å². The number of hydrogen-bond acceptors (Lipinski definition) is 6. The van der Waals surface area contributed by atoms with E-state index in [0.29, 0.717) is 25.7 Å². The highest BCUT2D eigenvalue weighted by molar-refractivity contribution is 5.71. The van der Waals surface area contributed by atoms with Crippen LogP contribution < -0.4 is 0 Å². The van der Waals surface area contributed by atoms with E-state index in [1.165, 1.54) is 57.8 Å². The minimum absolute atomic E-state index is 0.121. The first-order chi connectivity index (χ1) is 31.0. The first-order valence-corrected chi connectivity index (χ1v) is 25.4. The van der Waals surface area contributed by atoms with Crippen LogP contribution in [0.1, 0.15) is 213 Å². The third kappa shape index (κ3) is 49.0. The molecule has 0 aromatic heterocycles. The van der Waals surface area contributed by atoms with Gasteiger partial charge in [-0.05, 0) is 116 Å². The second-order valence-electron chi connectivity index (χ2n) is 16.3. The minimum atomic E-state index is -0.822. The fraction of sp³-hybridized carbons (Fsp3) is 0.632. The number of ether oxygens (including phenoxy) is 3. The van der Waals surface area contributed by atoms with E-state index in [4.69, 9.17) is 14.2 Å². The van der Waals surface area contributed by atoms with E-state index in [1.807, 2.05) is 0 Å². The molecule has 63 heavy (non-hydrogen) atoms. The van der Waals surface area contributed by atoms with Crippen molar-refractivity contribution in [1.82, 2.24) is 0 Å². The van der Waals surface area contributed by atoms with Gasteiger partial charge in [-0.3, -0.25) is 14.4 Å². The summed E-state index contributed by atoms with van der Waals surface area (Å²) >= 11 is 0. The summed E-state index contributed by atoms with van der Waals surface area (Å²) in [6, 6.07) is 0. The van der Waals surface area contributed by atoms with Crippen molar-refractivity contribution in [1.29, 1.82) is 0 Å². The van der Waals surface area contributed by atoms with Crippen LogP contribution in [0.5, 0.6) is 0 Å². The molecule has 0 rings (SSSR count). The van der Waals surface area contributed by atoms with Crippen LogP contribution in [0.4, 0.5) is 0 Å². The van der Waals surface area contributed by atoms with Gasteiger partial charge in [0.25, 0.3) is 0 Å². The van der Waals surface area contributed by atoms with Crippen molar-refractivity contribution < 1.29 is 28.6 Å². The Morgan fingerprint density at radius 1 is 0.333 bits per heavy atom. The minimum Gasteiger partial charge on any atom is -0.462 e. The van der Waals surface area contributed by atoms with Crippen LogP contribution in [0.2, 0.25) is 0 Å². The average Bonchev–Trinajstić information content (AvgIpc) is 3.28. The Labute approximate surface area is 387 Å². The second kappa shape index (κ2) is 50.7. The predicted molar refractivity (Wildman–Crippen MR) is 270 cm³/mol. The lowest BCUT2D eigenvalue weighted by Gasteiger charge is -2.18. The lowest BCUT2D eigenvalue weighted by atomic mass is 10.1. The SMILES string of the molecule is CC/C=C\C/C=C\C/C=C\CCCCCCCCC(=O)OC(COC(=O)CCC/C=C\C/C=C\C/C=C\CCCCCCCC)COC(=O)CCCC/C=C\C/C=C\C/C=C\CC. The molecule has 1 atom stereocenters. The second-order valence-corrected chi connectivity index (χ2v) is 16.3. The Hall–Kier alpha value is -3.93. The molecule has 0 saturated carbocycles. The Balaban J connectivity index is 4.54. The molecule has 356 valence electrons. The summed E-state index contributed by atoms with van der Waals surface area (Å²) in [6.45, 7) is 6.30. The largest absolute Gasteiger partial charge is 0.462 e. The number of esters is 3. The summed E-state index contributed by atoms with van der Waals surface area (Å²) < 4.78 is 16.7. The van der Waals surface area contributed by atoms with Crippen LogP contribution >= 0.6 is 0 Å². The van der Waals surface area contributed by atoms with Gasteiger partial charge in [0.05, 0.1) is 0 Å². The fourth-order valence-corrected chi connectivity index (χ4v) is 6.48. The molecule has 0 fully saturated rings. The Morgan fingerprint density at radius 3 is 1.06 bits per heavy atom. The average molecular weight is 873 g/mol. The Morgan fingerprint density at radius 2 is 0.635 bits per heavy atom. The van der Waals surface area contributed by atoms with Crippen LogP contribution in [-0.2, 0) is 28.6 Å². The van der Waals surface area contributed by atoms with Crippen LogP contribution in [-0.4, -0.2) is 37.2 Å². The summed E-state index contributed by atoms with van der Waals surface area (Å²) in [5.41, 5.74) is 0. The quantitative estimate of drug-likeness (QED) is 0.0263. The Kier molecular flexibility index (Phi) is 47.5. The third-order valence-electron chi connectivity index (χ3n) is 10.2. The zero-order valence-corrected chi connectivity index (χ0v) is 40.5. The summed E-state index contributed by atoms with van der Waals surface area (Å²) in [4.78, 5) is 37.9. The Bertz CT molecular complexity index is 1330. The van der Waals surface area contributed by atoms with Crippen LogP contribution in [0, 0.1) is 0 Å². The maximum absolute atomic E-state index is 12.8. The summed E-state index contributed by atoms with van der Waals surface area (Å²) in [6.07, 6.45) is 68.0. The molecule has 0 heterocycles. The lowest BCUT2D eigenvalue weighted by Crippen LogP contribution is -2.30. The van der Waals surface area contributed by atoms with Crippen LogP contribution in [0.25, 0.3) is 0 Å². The predicted octanol–water partition coefficient (Wildman–Crippen LogP) is 16.8. The highest BCUT2D eigenvalue weighted by Crippen LogP contribution is 2.12. The van der Waals surface area contributed by atoms with Crippen LogP contribution in [0.15, 0.2) is 109 Å². The molecule has 0 aliphatic rings. The molecule has 0 N–H and O–H groups in total. The maximum Gasteiger partial charge on any atom is 0.306 e. The molecule has 0 saturated heterocycles. The van der Waals surface area contributed by atoms with Gasteiger partial charge in [-0.1, -0.05) is 188 Å². The highest BCUT2D eigenvalue weighted by Gasteiger charge is 2.19. The number of carbonyl (C=O) groups is 3. The van der Waals surface area contributed by atoms with E-state index in [9.17, 15) is 14.4 Å². The van der Waals surface area contributed by atoms with Crippen molar-refractivity contribution in [2.75, 3.05) is 13.2 Å². The summed E-state index contributed by atoms with van der Waals surface area (Å²) in [5.74, 6) is -1.03. The molecule has 6 heteroatoms. The number of rotatable bonds is 44. The molecular formula is C57H92O6. The number of carbonyl (C=O) groups excluding carboxylic acids is 3. The number of unbranched alkanes of at least 4 members (excludes halogenated alkanes) is 15. The smallest absolute Gasteiger partial charge is 0.306 e. The third-order valence-corrected chi connectivity index (χ3v) is 10.2. The molecular weight excluding hydrogens is 781 g/mol. The van der Waals surface area contributed by atoms with Gasteiger partial charge in [0.1, 0.15) is 13.2 Å². The van der Waals surface area contributed by atoms with Gasteiger partial charge in [0.2, 0.25) is 0 Å². The zero-order valence-electron chi connectivity index (χ0n) is 40.5. The molecule has 0 aliphatic carbocycles. The molecule has 1 unspecified atom stereocenters. The first kappa shape index (κ1) is 59.1. The van der Waals surface area contributed by atoms with E-state index < -0.39 is 6.10 Å². The molecule has 0 aliphatic heterocycles. The van der Waals surface area contributed by atoms with Gasteiger partial charge in [-0.25, -0.2) is 0 Å². The van der Waals surface area contributed by atoms with Crippen molar-refractivity contribution in [3.05, 3.63) is 109 Å². The van der Waals surface area contributed by atoms with Gasteiger partial charge < -0.3 is 14.2 Å². The van der Waals surface area contributed by atoms with Gasteiger partial charge in [0, 0.05) is 19.3 Å². The lowest BCUT2D eigenvalue weighted by molar-refractivity contribution is -0.167. The van der Waals surface area contributed by atoms with Crippen molar-refractivity contribution in [3.63, 3.8) is 0 Å². The van der Waals surface area contributed by atoms with E-state index >= 15 is 0 Å². The van der Waals surface area contributed by atoms with Gasteiger partial charge in [-0.15, -0.1) is 0 Å². The van der Waals surface area contributed by atoms with Crippen LogP contribution in [0.3, 0.4) is 0 Å². The van der Waals surface area contributed by atoms with Gasteiger partial charge >= 0.3 is 17.9 Å². The van der Waals surface area contributed by atoms with E-state index in [0.717, 1.165) is 103 Å². The zero-order chi connectivity index (χ0) is 45.8. The van der Waals surface area contributed by atoms with Crippen molar-refractivity contribution in [2.24, 2.45) is 0 Å². The standard InChI is InChI=1S/C57H92O6/c1-4-7-10-13-16-19-22-25-27-29-31-32-35-38-41-44-47-50-56(59)62-53-54(52-61-55(58)49-46-43-40-37-34-24-21-18-15-12-9-6-3)63-57(60)51-48-45-42-39-36-33-30-28-26-23-20-17-14-11-8-5-2/h8-9,11-12,17-18,20-21,25-28,31-32,34,37-38,41,54H,4-7,10,13-16,19,22-24,29-30,33,35-36,39-40,42-53H2,1-3H3/b11-8-,12-9-,20-17-,21-18-,27-25-,28-26-,32-31-,37-34-,41-38-. The molecule has 0 amide bonds. The molecule has 0 bridgehead atoms. The molecule has 0 aromatic rings. The molecule has 6 nitrogen and oxygen atoms in total. The van der Waals surface area contributed by atoms with E-state index in [-0.39, 0.29) is 37.5 Å². The van der Waals surface area contributed by atoms with Gasteiger partial charge in [0.15, 0.2) is 6.10 Å². The van der Waals surface area contributed by atoms with Crippen molar-refractivity contribution in [3.8, 4) is 0 Å². The maximum atomic E-state index is 12.8. The number of allylic oxidation sites excluding steroid dienone is 18. The first-order valence-electron chi connectivity index (χ1n) is 25.4. The number of hydrogen-bond donors (Lipinski definition) is 0. The highest BCUT2D eigenvalue weighted by atomic mass is 16.6. The van der Waals surface area contributed by atoms with Gasteiger partial charge in [-0.2, -0.15) is 0 Å². The summed E-state index contributed by atoms with van der Waals surface area (Å²) in [7, 11) is 0. The fourth-order valence-electron chi connectivity index (χ4n) is 6.48.